The molecule has 1 aromatic heterocycles. The van der Waals surface area contributed by atoms with E-state index in [1.165, 1.54) is 11.1 Å². The lowest BCUT2D eigenvalue weighted by molar-refractivity contribution is 1.13. The molecule has 0 unspecified atom stereocenters. The minimum absolute atomic E-state index is 0.702. The highest BCUT2D eigenvalue weighted by molar-refractivity contribution is 5.64. The molecule has 0 amide bonds. The number of rotatable bonds is 2. The van der Waals surface area contributed by atoms with Crippen molar-refractivity contribution >= 4 is 5.69 Å². The summed E-state index contributed by atoms with van der Waals surface area (Å²) in [6, 6.07) is 12.2. The van der Waals surface area contributed by atoms with Crippen LogP contribution in [0.1, 0.15) is 12.5 Å². The van der Waals surface area contributed by atoms with E-state index in [4.69, 9.17) is 5.73 Å². The molecular weight excluding hydrogens is 184 g/mol. The molecule has 0 radical (unpaired) electrons. The first-order valence-electron chi connectivity index (χ1n) is 5.11. The molecule has 0 atom stereocenters. The van der Waals surface area contributed by atoms with Crippen LogP contribution >= 0.6 is 0 Å². The molecule has 2 rings (SSSR count). The average Bonchev–Trinajstić information content (AvgIpc) is 2.30. The van der Waals surface area contributed by atoms with Gasteiger partial charge in [-0.1, -0.05) is 31.2 Å². The number of anilines is 1. The van der Waals surface area contributed by atoms with Gasteiger partial charge in [0.05, 0.1) is 17.6 Å². The number of benzene rings is 1. The van der Waals surface area contributed by atoms with Crippen molar-refractivity contribution in [2.45, 2.75) is 13.3 Å². The molecule has 0 aliphatic rings. The second kappa shape index (κ2) is 4.13. The maximum absolute atomic E-state index is 5.61. The molecule has 2 heteroatoms. The van der Waals surface area contributed by atoms with Crippen LogP contribution in [0.5, 0.6) is 0 Å². The van der Waals surface area contributed by atoms with Crippen LogP contribution in [0, 0.1) is 0 Å². The van der Waals surface area contributed by atoms with Crippen LogP contribution in [-0.4, -0.2) is 4.98 Å². The predicted octanol–water partition coefficient (Wildman–Crippen LogP) is 2.89. The van der Waals surface area contributed by atoms with Crippen LogP contribution < -0.4 is 5.73 Å². The number of nitrogens with zero attached hydrogens (tertiary/aromatic N) is 1. The van der Waals surface area contributed by atoms with Crippen LogP contribution in [0.2, 0.25) is 0 Å². The van der Waals surface area contributed by atoms with Crippen molar-refractivity contribution in [2.24, 2.45) is 0 Å². The van der Waals surface area contributed by atoms with Crippen LogP contribution in [-0.2, 0) is 6.42 Å². The molecular formula is C13H14N2. The molecule has 2 nitrogen and oxygen atoms in total. The smallest absolute Gasteiger partial charge is 0.0706 e. The molecule has 76 valence electrons. The summed E-state index contributed by atoms with van der Waals surface area (Å²) in [7, 11) is 0. The SMILES string of the molecule is CCc1ccccc1-c1ccc(N)cn1. The zero-order chi connectivity index (χ0) is 10.7. The van der Waals surface area contributed by atoms with E-state index in [9.17, 15) is 0 Å². The van der Waals surface area contributed by atoms with E-state index in [-0.39, 0.29) is 0 Å². The maximum Gasteiger partial charge on any atom is 0.0706 e. The molecule has 0 aliphatic carbocycles. The summed E-state index contributed by atoms with van der Waals surface area (Å²) >= 11 is 0. The number of hydrogen-bond donors (Lipinski definition) is 1. The summed E-state index contributed by atoms with van der Waals surface area (Å²) in [5.41, 5.74) is 9.81. The Morgan fingerprint density at radius 3 is 2.60 bits per heavy atom. The van der Waals surface area contributed by atoms with E-state index in [1.54, 1.807) is 6.20 Å². The summed E-state index contributed by atoms with van der Waals surface area (Å²) in [4.78, 5) is 4.33. The molecule has 2 aromatic rings. The van der Waals surface area contributed by atoms with Crippen LogP contribution in [0.15, 0.2) is 42.6 Å². The molecule has 1 aromatic carbocycles. The van der Waals surface area contributed by atoms with Crippen molar-refractivity contribution in [3.05, 3.63) is 48.2 Å². The van der Waals surface area contributed by atoms with Gasteiger partial charge in [-0.25, -0.2) is 0 Å². The van der Waals surface area contributed by atoms with Gasteiger partial charge in [0, 0.05) is 5.56 Å². The zero-order valence-corrected chi connectivity index (χ0v) is 8.77. The molecule has 0 aliphatic heterocycles. The van der Waals surface area contributed by atoms with Crippen molar-refractivity contribution in [1.29, 1.82) is 0 Å². The summed E-state index contributed by atoms with van der Waals surface area (Å²) < 4.78 is 0. The molecule has 2 N–H and O–H groups in total. The molecule has 0 saturated carbocycles. The lowest BCUT2D eigenvalue weighted by Crippen LogP contribution is -1.91. The Hall–Kier alpha value is -1.83. The van der Waals surface area contributed by atoms with Gasteiger partial charge in [-0.05, 0) is 24.1 Å². The second-order valence-corrected chi connectivity index (χ2v) is 3.49. The number of pyridine rings is 1. The van der Waals surface area contributed by atoms with Crippen molar-refractivity contribution in [3.8, 4) is 11.3 Å². The topological polar surface area (TPSA) is 38.9 Å². The minimum atomic E-state index is 0.702. The molecule has 0 fully saturated rings. The first-order chi connectivity index (χ1) is 7.31. The van der Waals surface area contributed by atoms with Crippen molar-refractivity contribution in [3.63, 3.8) is 0 Å². The predicted molar refractivity (Wildman–Crippen MR) is 63.5 cm³/mol. The van der Waals surface area contributed by atoms with Gasteiger partial charge in [0.15, 0.2) is 0 Å². The fourth-order valence-electron chi connectivity index (χ4n) is 1.64. The van der Waals surface area contributed by atoms with E-state index < -0.39 is 0 Å². The van der Waals surface area contributed by atoms with Gasteiger partial charge in [0.2, 0.25) is 0 Å². The summed E-state index contributed by atoms with van der Waals surface area (Å²) in [5.74, 6) is 0. The van der Waals surface area contributed by atoms with Gasteiger partial charge in [-0.15, -0.1) is 0 Å². The number of nitrogens with two attached hydrogens (primary N) is 1. The van der Waals surface area contributed by atoms with Gasteiger partial charge < -0.3 is 5.73 Å². The highest BCUT2D eigenvalue weighted by atomic mass is 14.7. The van der Waals surface area contributed by atoms with Crippen LogP contribution in [0.4, 0.5) is 5.69 Å². The number of aromatic nitrogens is 1. The van der Waals surface area contributed by atoms with Crippen molar-refractivity contribution in [2.75, 3.05) is 5.73 Å². The summed E-state index contributed by atoms with van der Waals surface area (Å²) in [6.45, 7) is 2.15. The largest absolute Gasteiger partial charge is 0.397 e. The molecule has 15 heavy (non-hydrogen) atoms. The van der Waals surface area contributed by atoms with Crippen molar-refractivity contribution in [1.82, 2.24) is 4.98 Å². The normalized spacial score (nSPS) is 10.2. The third-order valence-corrected chi connectivity index (χ3v) is 2.46. The highest BCUT2D eigenvalue weighted by Gasteiger charge is 2.03. The second-order valence-electron chi connectivity index (χ2n) is 3.49. The molecule has 0 bridgehead atoms. The van der Waals surface area contributed by atoms with E-state index in [1.807, 2.05) is 18.2 Å². The quantitative estimate of drug-likeness (QED) is 0.805. The van der Waals surface area contributed by atoms with E-state index in [0.29, 0.717) is 5.69 Å². The van der Waals surface area contributed by atoms with E-state index in [2.05, 4.69) is 30.1 Å². The Morgan fingerprint density at radius 1 is 1.13 bits per heavy atom. The molecule has 1 heterocycles. The molecule has 0 saturated heterocycles. The zero-order valence-electron chi connectivity index (χ0n) is 8.77. The fourth-order valence-corrected chi connectivity index (χ4v) is 1.64. The van der Waals surface area contributed by atoms with Gasteiger partial charge >= 0.3 is 0 Å². The van der Waals surface area contributed by atoms with Gasteiger partial charge in [0.1, 0.15) is 0 Å². The van der Waals surface area contributed by atoms with E-state index >= 15 is 0 Å². The Labute approximate surface area is 89.8 Å². The minimum Gasteiger partial charge on any atom is -0.397 e. The van der Waals surface area contributed by atoms with Crippen LogP contribution in [0.3, 0.4) is 0 Å². The first kappa shape index (κ1) is 9.71. The third kappa shape index (κ3) is 1.99. The average molecular weight is 198 g/mol. The number of hydrogen-bond acceptors (Lipinski definition) is 2. The lowest BCUT2D eigenvalue weighted by atomic mass is 10.0. The monoisotopic (exact) mass is 198 g/mol. The Kier molecular flexibility index (Phi) is 2.68. The summed E-state index contributed by atoms with van der Waals surface area (Å²) in [6.07, 6.45) is 2.71. The lowest BCUT2D eigenvalue weighted by Gasteiger charge is -2.06. The fraction of sp³-hybridized carbons (Fsp3) is 0.154. The standard InChI is InChI=1S/C13H14N2/c1-2-10-5-3-4-6-12(10)13-8-7-11(14)9-15-13/h3-9H,2,14H2,1H3. The number of nitrogen functional groups attached to an aromatic ring is 1. The summed E-state index contributed by atoms with van der Waals surface area (Å²) in [5, 5.41) is 0. The van der Waals surface area contributed by atoms with Gasteiger partial charge in [-0.3, -0.25) is 4.98 Å². The third-order valence-electron chi connectivity index (χ3n) is 2.46. The number of aryl methyl sites for hydroxylation is 1. The first-order valence-corrected chi connectivity index (χ1v) is 5.11. The van der Waals surface area contributed by atoms with Gasteiger partial charge in [-0.2, -0.15) is 0 Å². The maximum atomic E-state index is 5.61. The van der Waals surface area contributed by atoms with Crippen LogP contribution in [0.25, 0.3) is 11.3 Å². The Balaban J connectivity index is 2.49. The van der Waals surface area contributed by atoms with E-state index in [0.717, 1.165) is 12.1 Å². The Morgan fingerprint density at radius 2 is 1.93 bits per heavy atom. The van der Waals surface area contributed by atoms with Crippen molar-refractivity contribution < 1.29 is 0 Å². The molecule has 0 spiro atoms. The van der Waals surface area contributed by atoms with Gasteiger partial charge in [0.25, 0.3) is 0 Å². The highest BCUT2D eigenvalue weighted by Crippen LogP contribution is 2.22. The Bertz CT molecular complexity index is 446.